The first-order chi connectivity index (χ1) is 9.41. The van der Waals surface area contributed by atoms with Crippen molar-refractivity contribution in [2.24, 2.45) is 0 Å². The van der Waals surface area contributed by atoms with Crippen molar-refractivity contribution in [1.29, 1.82) is 0 Å². The number of rotatable bonds is 2. The summed E-state index contributed by atoms with van der Waals surface area (Å²) in [5.74, 6) is -0.367. The van der Waals surface area contributed by atoms with Gasteiger partial charge in [0.1, 0.15) is 0 Å². The summed E-state index contributed by atoms with van der Waals surface area (Å²) < 4.78 is 43.7. The highest BCUT2D eigenvalue weighted by Gasteiger charge is 2.32. The average molecular weight is 287 g/mol. The quantitative estimate of drug-likeness (QED) is 0.837. The van der Waals surface area contributed by atoms with E-state index in [0.717, 1.165) is 12.1 Å². The summed E-state index contributed by atoms with van der Waals surface area (Å²) in [7, 11) is 0. The predicted molar refractivity (Wildman–Crippen MR) is 67.5 cm³/mol. The van der Waals surface area contributed by atoms with Crippen molar-refractivity contribution in [2.45, 2.75) is 19.5 Å². The topological polar surface area (TPSA) is 29.5 Å². The summed E-state index contributed by atoms with van der Waals surface area (Å²) in [6.45, 7) is 3.43. The Bertz CT molecular complexity index is 494. The molecule has 0 aromatic heterocycles. The average Bonchev–Trinajstić information content (AvgIpc) is 2.46. The molecule has 0 radical (unpaired) electrons. The second-order valence-electron chi connectivity index (χ2n) is 4.67. The van der Waals surface area contributed by atoms with Gasteiger partial charge in [-0.1, -0.05) is 6.92 Å². The molecule has 1 aliphatic heterocycles. The maximum Gasteiger partial charge on any atom is 0.416 e. The van der Waals surface area contributed by atoms with Crippen LogP contribution in [0.2, 0.25) is 0 Å². The first kappa shape index (κ1) is 14.8. The number of alkyl halides is 3. The van der Waals surface area contributed by atoms with E-state index in [1.165, 1.54) is 11.0 Å². The van der Waals surface area contributed by atoms with Crippen molar-refractivity contribution in [3.63, 3.8) is 0 Å². The van der Waals surface area contributed by atoms with E-state index in [1.54, 1.807) is 6.92 Å². The molecular weight excluding hydrogens is 271 g/mol. The zero-order valence-corrected chi connectivity index (χ0v) is 11.2. The third-order valence-electron chi connectivity index (χ3n) is 3.27. The lowest BCUT2D eigenvalue weighted by molar-refractivity contribution is -0.137. The number of benzene rings is 1. The normalized spacial score (nSPS) is 16.3. The van der Waals surface area contributed by atoms with Crippen LogP contribution >= 0.6 is 0 Å². The first-order valence-electron chi connectivity index (χ1n) is 6.50. The molecule has 2 rings (SSSR count). The van der Waals surface area contributed by atoms with E-state index in [0.29, 0.717) is 38.3 Å². The molecule has 0 unspecified atom stereocenters. The maximum atomic E-state index is 12.8. The molecule has 20 heavy (non-hydrogen) atoms. The van der Waals surface area contributed by atoms with E-state index in [1.807, 2.05) is 0 Å². The van der Waals surface area contributed by atoms with Crippen molar-refractivity contribution < 1.29 is 22.7 Å². The fourth-order valence-corrected chi connectivity index (χ4v) is 2.13. The summed E-state index contributed by atoms with van der Waals surface area (Å²) in [4.78, 5) is 13.8. The Morgan fingerprint density at radius 1 is 1.25 bits per heavy atom. The van der Waals surface area contributed by atoms with Crippen LogP contribution in [0.15, 0.2) is 18.2 Å². The first-order valence-corrected chi connectivity index (χ1v) is 6.50. The Labute approximate surface area is 115 Å². The number of hydrogen-bond acceptors (Lipinski definition) is 2. The van der Waals surface area contributed by atoms with E-state index in [4.69, 9.17) is 4.74 Å². The lowest BCUT2D eigenvalue weighted by atomic mass is 10.0. The van der Waals surface area contributed by atoms with E-state index >= 15 is 0 Å². The summed E-state index contributed by atoms with van der Waals surface area (Å²) in [6, 6.07) is 3.56. The molecule has 3 nitrogen and oxygen atoms in total. The minimum Gasteiger partial charge on any atom is -0.378 e. The van der Waals surface area contributed by atoms with Crippen molar-refractivity contribution in [3.05, 3.63) is 34.9 Å². The molecule has 0 N–H and O–H groups in total. The monoisotopic (exact) mass is 287 g/mol. The lowest BCUT2D eigenvalue weighted by Crippen LogP contribution is -2.40. The van der Waals surface area contributed by atoms with Gasteiger partial charge in [-0.2, -0.15) is 13.2 Å². The summed E-state index contributed by atoms with van der Waals surface area (Å²) in [5, 5.41) is 0. The molecule has 0 bridgehead atoms. The molecule has 6 heteroatoms. The van der Waals surface area contributed by atoms with Gasteiger partial charge in [0.2, 0.25) is 0 Å². The zero-order valence-electron chi connectivity index (χ0n) is 11.2. The molecule has 1 aromatic rings. The molecule has 0 aliphatic carbocycles. The smallest absolute Gasteiger partial charge is 0.378 e. The Morgan fingerprint density at radius 3 is 2.45 bits per heavy atom. The Hall–Kier alpha value is -1.56. The number of halogens is 3. The van der Waals surface area contributed by atoms with Crippen LogP contribution in [0.25, 0.3) is 0 Å². The number of carbonyl (C=O) groups excluding carboxylic acids is 1. The predicted octanol–water partition coefficient (Wildman–Crippen LogP) is 2.74. The Morgan fingerprint density at radius 2 is 1.90 bits per heavy atom. The summed E-state index contributed by atoms with van der Waals surface area (Å²) >= 11 is 0. The van der Waals surface area contributed by atoms with Crippen molar-refractivity contribution in [1.82, 2.24) is 4.90 Å². The van der Waals surface area contributed by atoms with E-state index in [9.17, 15) is 18.0 Å². The minimum atomic E-state index is -4.44. The second kappa shape index (κ2) is 5.83. The maximum absolute atomic E-state index is 12.8. The van der Waals surface area contributed by atoms with E-state index < -0.39 is 11.7 Å². The van der Waals surface area contributed by atoms with Gasteiger partial charge in [0.25, 0.3) is 5.91 Å². The van der Waals surface area contributed by atoms with Gasteiger partial charge in [-0.15, -0.1) is 0 Å². The van der Waals surface area contributed by atoms with Gasteiger partial charge in [0, 0.05) is 18.7 Å². The Kier molecular flexibility index (Phi) is 4.32. The van der Waals surface area contributed by atoms with Crippen LogP contribution in [0.3, 0.4) is 0 Å². The minimum absolute atomic E-state index is 0.0959. The lowest BCUT2D eigenvalue weighted by Gasteiger charge is -2.27. The largest absolute Gasteiger partial charge is 0.416 e. The number of ether oxygens (including phenoxy) is 1. The fourth-order valence-electron chi connectivity index (χ4n) is 2.13. The highest BCUT2D eigenvalue weighted by molar-refractivity contribution is 5.94. The zero-order chi connectivity index (χ0) is 14.8. The van der Waals surface area contributed by atoms with Crippen LogP contribution < -0.4 is 0 Å². The molecule has 0 spiro atoms. The molecule has 1 amide bonds. The van der Waals surface area contributed by atoms with Crippen LogP contribution in [0.5, 0.6) is 0 Å². The van der Waals surface area contributed by atoms with Crippen LogP contribution in [0.1, 0.15) is 28.4 Å². The summed E-state index contributed by atoms with van der Waals surface area (Å²) in [6.07, 6.45) is -3.99. The molecule has 1 saturated heterocycles. The molecule has 0 atom stereocenters. The standard InChI is InChI=1S/C14H16F3NO2/c1-2-10-7-11(9-12(8-10)14(15,16)17)13(19)18-3-5-20-6-4-18/h7-9H,2-6H2,1H3. The van der Waals surface area contributed by atoms with Gasteiger partial charge >= 0.3 is 6.18 Å². The molecule has 1 aliphatic rings. The van der Waals surface area contributed by atoms with Gasteiger partial charge in [-0.3, -0.25) is 4.79 Å². The van der Waals surface area contributed by atoms with E-state index in [2.05, 4.69) is 0 Å². The number of hydrogen-bond donors (Lipinski definition) is 0. The highest BCUT2D eigenvalue weighted by atomic mass is 19.4. The third-order valence-corrected chi connectivity index (χ3v) is 3.27. The van der Waals surface area contributed by atoms with Crippen molar-refractivity contribution in [2.75, 3.05) is 26.3 Å². The third kappa shape index (κ3) is 3.30. The second-order valence-corrected chi connectivity index (χ2v) is 4.67. The molecule has 1 heterocycles. The van der Waals surface area contributed by atoms with Crippen LogP contribution in [0.4, 0.5) is 13.2 Å². The van der Waals surface area contributed by atoms with Gasteiger partial charge in [0.05, 0.1) is 18.8 Å². The van der Waals surface area contributed by atoms with Crippen molar-refractivity contribution in [3.8, 4) is 0 Å². The Balaban J connectivity index is 2.32. The number of amides is 1. The van der Waals surface area contributed by atoms with Crippen LogP contribution in [-0.4, -0.2) is 37.1 Å². The number of aryl methyl sites for hydroxylation is 1. The van der Waals surface area contributed by atoms with Gasteiger partial charge < -0.3 is 9.64 Å². The molecule has 1 fully saturated rings. The molecular formula is C14H16F3NO2. The fraction of sp³-hybridized carbons (Fsp3) is 0.500. The number of carbonyl (C=O) groups is 1. The number of nitrogens with zero attached hydrogens (tertiary/aromatic N) is 1. The van der Waals surface area contributed by atoms with Crippen LogP contribution in [0, 0.1) is 0 Å². The van der Waals surface area contributed by atoms with Gasteiger partial charge in [-0.05, 0) is 30.2 Å². The van der Waals surface area contributed by atoms with Gasteiger partial charge in [-0.25, -0.2) is 0 Å². The highest BCUT2D eigenvalue weighted by Crippen LogP contribution is 2.31. The van der Waals surface area contributed by atoms with E-state index in [-0.39, 0.29) is 11.5 Å². The molecule has 0 saturated carbocycles. The van der Waals surface area contributed by atoms with Crippen molar-refractivity contribution >= 4 is 5.91 Å². The molecule has 110 valence electrons. The van der Waals surface area contributed by atoms with Crippen LogP contribution in [-0.2, 0) is 17.3 Å². The summed E-state index contributed by atoms with van der Waals surface area (Å²) in [5.41, 5.74) is -0.163. The number of morpholine rings is 1. The SMILES string of the molecule is CCc1cc(C(=O)N2CCOCC2)cc(C(F)(F)F)c1. The van der Waals surface area contributed by atoms with Gasteiger partial charge in [0.15, 0.2) is 0 Å². The molecule has 1 aromatic carbocycles.